The first kappa shape index (κ1) is 24.3. The maximum Gasteiger partial charge on any atom is 0.210 e. The zero-order valence-electron chi connectivity index (χ0n) is 20.8. The number of fused-ring (bicyclic) bond motifs is 1. The fraction of sp³-hybridized carbons (Fsp3) is 0.400. The van der Waals surface area contributed by atoms with Gasteiger partial charge in [0.2, 0.25) is 5.95 Å². The number of nitrogens with one attached hydrogen (secondary N) is 1. The molecule has 0 aliphatic heterocycles. The van der Waals surface area contributed by atoms with Crippen LogP contribution in [0.2, 0.25) is 0 Å². The van der Waals surface area contributed by atoms with Crippen molar-refractivity contribution in [1.29, 1.82) is 0 Å². The molecule has 0 bridgehead atoms. The van der Waals surface area contributed by atoms with Crippen molar-refractivity contribution in [2.24, 2.45) is 7.05 Å². The summed E-state index contributed by atoms with van der Waals surface area (Å²) in [5.41, 5.74) is 2.68. The summed E-state index contributed by atoms with van der Waals surface area (Å²) in [5, 5.41) is 7.80. The Hall–Kier alpha value is -3.82. The fourth-order valence-corrected chi connectivity index (χ4v) is 3.80. The number of rotatable bonds is 8. The van der Waals surface area contributed by atoms with Crippen LogP contribution in [0.1, 0.15) is 46.0 Å². The Balaban J connectivity index is 1.59. The lowest BCUT2D eigenvalue weighted by atomic mass is 9.92. The topological polar surface area (TPSA) is 99.7 Å². The number of halogens is 1. The summed E-state index contributed by atoms with van der Waals surface area (Å²) >= 11 is 0. The van der Waals surface area contributed by atoms with E-state index in [1.54, 1.807) is 29.2 Å². The number of alkyl halides is 1. The average molecular weight is 480 g/mol. The predicted molar refractivity (Wildman–Crippen MR) is 132 cm³/mol. The van der Waals surface area contributed by atoms with Crippen molar-refractivity contribution in [1.82, 2.24) is 29.3 Å². The van der Waals surface area contributed by atoms with Gasteiger partial charge in [0.25, 0.3) is 0 Å². The van der Waals surface area contributed by atoms with Crippen LogP contribution in [0, 0.1) is 0 Å². The van der Waals surface area contributed by atoms with E-state index in [9.17, 15) is 9.18 Å². The lowest BCUT2D eigenvalue weighted by Crippen LogP contribution is -2.21. The van der Waals surface area contributed by atoms with Crippen LogP contribution in [-0.2, 0) is 30.2 Å². The highest BCUT2D eigenvalue weighted by atomic mass is 19.1. The average Bonchev–Trinajstić information content (AvgIpc) is 3.28. The van der Waals surface area contributed by atoms with Crippen molar-refractivity contribution in [3.63, 3.8) is 0 Å². The highest BCUT2D eigenvalue weighted by Crippen LogP contribution is 2.29. The van der Waals surface area contributed by atoms with Crippen LogP contribution in [0.15, 0.2) is 36.7 Å². The summed E-state index contributed by atoms with van der Waals surface area (Å²) in [6.07, 6.45) is 2.45. The Labute approximate surface area is 203 Å². The Morgan fingerprint density at radius 3 is 2.66 bits per heavy atom. The molecule has 9 nitrogen and oxygen atoms in total. The maximum atomic E-state index is 13.7. The van der Waals surface area contributed by atoms with E-state index >= 15 is 0 Å². The summed E-state index contributed by atoms with van der Waals surface area (Å²) in [6, 6.07) is 7.23. The molecule has 0 amide bonds. The normalized spacial score (nSPS) is 12.7. The summed E-state index contributed by atoms with van der Waals surface area (Å²) in [4.78, 5) is 24.6. The molecule has 4 heterocycles. The first-order valence-corrected chi connectivity index (χ1v) is 11.4. The summed E-state index contributed by atoms with van der Waals surface area (Å²) in [7, 11) is 1.87. The number of hydrogen-bond acceptors (Lipinski definition) is 7. The van der Waals surface area contributed by atoms with E-state index in [1.165, 1.54) is 13.8 Å². The molecule has 35 heavy (non-hydrogen) atoms. The third-order valence-corrected chi connectivity index (χ3v) is 5.38. The number of carbonyl (C=O) groups is 1. The minimum atomic E-state index is -1.01. The molecule has 0 aliphatic carbocycles. The van der Waals surface area contributed by atoms with Crippen LogP contribution in [0.25, 0.3) is 11.2 Å². The van der Waals surface area contributed by atoms with Gasteiger partial charge in [-0.2, -0.15) is 10.1 Å². The van der Waals surface area contributed by atoms with Gasteiger partial charge in [-0.1, -0.05) is 20.8 Å². The summed E-state index contributed by atoms with van der Waals surface area (Å²) in [6.45, 7) is 9.44. The second-order valence-electron chi connectivity index (χ2n) is 9.72. The van der Waals surface area contributed by atoms with Gasteiger partial charge in [0.15, 0.2) is 11.5 Å². The van der Waals surface area contributed by atoms with Crippen molar-refractivity contribution in [2.75, 3.05) is 5.32 Å². The van der Waals surface area contributed by atoms with Gasteiger partial charge in [-0.05, 0) is 19.9 Å². The minimum absolute atomic E-state index is 0.0336. The van der Waals surface area contributed by atoms with Crippen molar-refractivity contribution in [3.8, 4) is 11.5 Å². The molecule has 0 aliphatic rings. The van der Waals surface area contributed by atoms with Gasteiger partial charge in [0, 0.05) is 49.0 Å². The SMILES string of the molecule is CC(=O)Cc1cc(Oc2cnc3nc(Nc4cc(C(C)(C)C)n(CC(C)F)n4)n(C)c3c2)ccn1. The van der Waals surface area contributed by atoms with Gasteiger partial charge in [-0.25, -0.2) is 9.37 Å². The number of anilines is 2. The fourth-order valence-electron chi connectivity index (χ4n) is 3.80. The molecule has 4 aromatic heterocycles. The van der Waals surface area contributed by atoms with Crippen molar-refractivity contribution >= 4 is 28.7 Å². The van der Waals surface area contributed by atoms with E-state index < -0.39 is 6.17 Å². The number of nitrogens with zero attached hydrogens (tertiary/aromatic N) is 6. The standard InChI is InChI=1S/C25H30FN7O2/c1-15(26)14-33-21(25(3,4)5)12-22(31-33)29-24-30-23-20(32(24)6)11-19(13-28-23)35-18-7-8-27-17(10-18)9-16(2)34/h7-8,10-13,15H,9,14H2,1-6H3,(H,28,29,30,31). The van der Waals surface area contributed by atoms with Gasteiger partial charge in [0.1, 0.15) is 23.5 Å². The number of Topliss-reactive ketones (excluding diaryl/α,β-unsaturated/α-hetero) is 1. The summed E-state index contributed by atoms with van der Waals surface area (Å²) < 4.78 is 23.2. The number of ether oxygens (including phenoxy) is 1. The maximum absolute atomic E-state index is 13.7. The zero-order valence-corrected chi connectivity index (χ0v) is 20.8. The van der Waals surface area contributed by atoms with Crippen LogP contribution in [0.5, 0.6) is 11.5 Å². The van der Waals surface area contributed by atoms with Crippen molar-refractivity contribution in [3.05, 3.63) is 48.0 Å². The van der Waals surface area contributed by atoms with Gasteiger partial charge >= 0.3 is 0 Å². The second kappa shape index (κ2) is 9.44. The van der Waals surface area contributed by atoms with Gasteiger partial charge in [-0.3, -0.25) is 14.5 Å². The molecule has 0 spiro atoms. The van der Waals surface area contributed by atoms with Gasteiger partial charge < -0.3 is 14.6 Å². The molecule has 0 saturated heterocycles. The molecule has 1 atom stereocenters. The Morgan fingerprint density at radius 2 is 1.97 bits per heavy atom. The molecule has 0 aromatic carbocycles. The number of pyridine rings is 2. The molecule has 184 valence electrons. The number of ketones is 1. The van der Waals surface area contributed by atoms with Crippen LogP contribution in [-0.4, -0.2) is 41.3 Å². The number of aryl methyl sites for hydroxylation is 1. The molecule has 4 rings (SSSR count). The highest BCUT2D eigenvalue weighted by Gasteiger charge is 2.23. The Morgan fingerprint density at radius 1 is 1.20 bits per heavy atom. The van der Waals surface area contributed by atoms with Crippen LogP contribution < -0.4 is 10.1 Å². The van der Waals surface area contributed by atoms with Crippen LogP contribution in [0.3, 0.4) is 0 Å². The molecule has 1 unspecified atom stereocenters. The molecule has 0 saturated carbocycles. The van der Waals surface area contributed by atoms with Gasteiger partial charge in [-0.15, -0.1) is 0 Å². The van der Waals surface area contributed by atoms with Crippen molar-refractivity contribution in [2.45, 2.75) is 59.2 Å². The largest absolute Gasteiger partial charge is 0.456 e. The van der Waals surface area contributed by atoms with E-state index in [2.05, 4.69) is 46.1 Å². The van der Waals surface area contributed by atoms with E-state index in [4.69, 9.17) is 4.74 Å². The van der Waals surface area contributed by atoms with Gasteiger partial charge in [0.05, 0.1) is 24.0 Å². The third kappa shape index (κ3) is 5.64. The lowest BCUT2D eigenvalue weighted by Gasteiger charge is -2.20. The monoisotopic (exact) mass is 479 g/mol. The van der Waals surface area contributed by atoms with Crippen molar-refractivity contribution < 1.29 is 13.9 Å². The van der Waals surface area contributed by atoms with E-state index in [1.807, 2.05) is 23.7 Å². The Kier molecular flexibility index (Phi) is 6.56. The first-order chi connectivity index (χ1) is 16.5. The minimum Gasteiger partial charge on any atom is -0.456 e. The van der Waals surface area contributed by atoms with E-state index in [0.29, 0.717) is 34.6 Å². The lowest BCUT2D eigenvalue weighted by molar-refractivity contribution is -0.116. The van der Waals surface area contributed by atoms with Crippen LogP contribution >= 0.6 is 0 Å². The van der Waals surface area contributed by atoms with Crippen LogP contribution in [0.4, 0.5) is 16.2 Å². The first-order valence-electron chi connectivity index (χ1n) is 11.4. The molecule has 0 radical (unpaired) electrons. The zero-order chi connectivity index (χ0) is 25.3. The molecular formula is C25H30FN7O2. The highest BCUT2D eigenvalue weighted by molar-refractivity contribution is 5.78. The number of hydrogen-bond donors (Lipinski definition) is 1. The summed E-state index contributed by atoms with van der Waals surface area (Å²) in [5.74, 6) is 2.27. The van der Waals surface area contributed by atoms with E-state index in [0.717, 1.165) is 11.2 Å². The molecular weight excluding hydrogens is 449 g/mol. The molecule has 0 fully saturated rings. The number of aromatic nitrogens is 6. The smallest absolute Gasteiger partial charge is 0.210 e. The molecule has 4 aromatic rings. The Bertz CT molecular complexity index is 1370. The quantitative estimate of drug-likeness (QED) is 0.384. The molecule has 10 heteroatoms. The van der Waals surface area contributed by atoms with E-state index in [-0.39, 0.29) is 24.2 Å². The number of imidazole rings is 1. The second-order valence-corrected chi connectivity index (χ2v) is 9.72. The third-order valence-electron chi connectivity index (χ3n) is 5.38. The number of carbonyl (C=O) groups excluding carboxylic acids is 1. The molecule has 1 N–H and O–H groups in total. The predicted octanol–water partition coefficient (Wildman–Crippen LogP) is 4.88.